The average Bonchev–Trinajstić information content (AvgIpc) is 3.40. The fraction of sp³-hybridized carbons (Fsp3) is 0.316. The molecule has 6 nitrogen and oxygen atoms in total. The molecule has 1 saturated heterocycles. The number of amides is 1. The lowest BCUT2D eigenvalue weighted by molar-refractivity contribution is 0.0704. The zero-order valence-electron chi connectivity index (χ0n) is 14.3. The van der Waals surface area contributed by atoms with E-state index in [0.717, 1.165) is 36.3 Å². The van der Waals surface area contributed by atoms with Gasteiger partial charge in [-0.1, -0.05) is 28.8 Å². The van der Waals surface area contributed by atoms with Gasteiger partial charge in [0.1, 0.15) is 0 Å². The van der Waals surface area contributed by atoms with Crippen molar-refractivity contribution in [3.8, 4) is 11.3 Å². The zero-order valence-corrected chi connectivity index (χ0v) is 15.1. The van der Waals surface area contributed by atoms with E-state index in [4.69, 9.17) is 20.6 Å². The van der Waals surface area contributed by atoms with Gasteiger partial charge in [0.15, 0.2) is 17.2 Å². The summed E-state index contributed by atoms with van der Waals surface area (Å²) in [4.78, 5) is 14.7. The molecule has 1 amide bonds. The van der Waals surface area contributed by atoms with E-state index < -0.39 is 0 Å². The second-order valence-corrected chi connectivity index (χ2v) is 6.75. The SMILES string of the molecule is CCc1cc(C2CCCN2C(=O)c2cc(-c3ccc(Cl)cc3)on2)on1. The minimum atomic E-state index is -0.161. The van der Waals surface area contributed by atoms with E-state index in [1.807, 2.05) is 25.1 Å². The van der Waals surface area contributed by atoms with Crippen molar-refractivity contribution in [2.45, 2.75) is 32.2 Å². The van der Waals surface area contributed by atoms with Gasteiger partial charge in [0.2, 0.25) is 0 Å². The van der Waals surface area contributed by atoms with E-state index in [2.05, 4.69) is 10.3 Å². The molecule has 134 valence electrons. The molecule has 1 aliphatic heterocycles. The number of aromatic nitrogens is 2. The maximum Gasteiger partial charge on any atom is 0.276 e. The monoisotopic (exact) mass is 371 g/mol. The molecule has 3 aromatic rings. The quantitative estimate of drug-likeness (QED) is 0.674. The van der Waals surface area contributed by atoms with Crippen LogP contribution in [0.4, 0.5) is 0 Å². The number of nitrogens with zero attached hydrogens (tertiary/aromatic N) is 3. The van der Waals surface area contributed by atoms with Crippen molar-refractivity contribution in [3.05, 3.63) is 58.6 Å². The highest BCUT2D eigenvalue weighted by Gasteiger charge is 2.34. The Labute approximate surface area is 155 Å². The second-order valence-electron chi connectivity index (χ2n) is 6.31. The molecule has 1 fully saturated rings. The first-order chi connectivity index (χ1) is 12.7. The van der Waals surface area contributed by atoms with Gasteiger partial charge in [-0.15, -0.1) is 0 Å². The van der Waals surface area contributed by atoms with Crippen molar-refractivity contribution in [1.82, 2.24) is 15.2 Å². The first-order valence-electron chi connectivity index (χ1n) is 8.65. The van der Waals surface area contributed by atoms with Crippen LogP contribution in [0.3, 0.4) is 0 Å². The summed E-state index contributed by atoms with van der Waals surface area (Å²) in [5.41, 5.74) is 2.00. The fourth-order valence-corrected chi connectivity index (χ4v) is 3.36. The molecule has 1 aromatic carbocycles. The Hall–Kier alpha value is -2.60. The lowest BCUT2D eigenvalue weighted by Crippen LogP contribution is -2.30. The van der Waals surface area contributed by atoms with E-state index in [-0.39, 0.29) is 17.6 Å². The summed E-state index contributed by atoms with van der Waals surface area (Å²) in [6.07, 6.45) is 2.57. The summed E-state index contributed by atoms with van der Waals surface area (Å²) < 4.78 is 10.8. The molecule has 1 atom stereocenters. The molecule has 3 heterocycles. The molecule has 0 bridgehead atoms. The van der Waals surface area contributed by atoms with Crippen LogP contribution in [0, 0.1) is 0 Å². The van der Waals surface area contributed by atoms with Crippen LogP contribution < -0.4 is 0 Å². The predicted octanol–water partition coefficient (Wildman–Crippen LogP) is 4.52. The van der Waals surface area contributed by atoms with Crippen LogP contribution in [-0.4, -0.2) is 27.7 Å². The Bertz CT molecular complexity index is 916. The van der Waals surface area contributed by atoms with E-state index in [0.29, 0.717) is 17.3 Å². The Kier molecular flexibility index (Phi) is 4.51. The third-order valence-corrected chi connectivity index (χ3v) is 4.89. The van der Waals surface area contributed by atoms with Gasteiger partial charge in [-0.2, -0.15) is 0 Å². The van der Waals surface area contributed by atoms with E-state index in [9.17, 15) is 4.79 Å². The maximum atomic E-state index is 12.9. The van der Waals surface area contributed by atoms with Gasteiger partial charge in [-0.05, 0) is 43.5 Å². The van der Waals surface area contributed by atoms with Gasteiger partial charge >= 0.3 is 0 Å². The molecule has 26 heavy (non-hydrogen) atoms. The van der Waals surface area contributed by atoms with Crippen molar-refractivity contribution in [2.75, 3.05) is 6.54 Å². The Morgan fingerprint density at radius 1 is 1.23 bits per heavy atom. The number of aryl methyl sites for hydroxylation is 1. The molecule has 0 radical (unpaired) electrons. The molecule has 2 aromatic heterocycles. The van der Waals surface area contributed by atoms with Crippen molar-refractivity contribution in [2.24, 2.45) is 0 Å². The molecular weight excluding hydrogens is 354 g/mol. The number of likely N-dealkylation sites (tertiary alicyclic amines) is 1. The highest BCUT2D eigenvalue weighted by molar-refractivity contribution is 6.30. The fourth-order valence-electron chi connectivity index (χ4n) is 3.23. The number of benzene rings is 1. The first kappa shape index (κ1) is 16.8. The van der Waals surface area contributed by atoms with Crippen molar-refractivity contribution >= 4 is 17.5 Å². The normalized spacial score (nSPS) is 17.0. The highest BCUT2D eigenvalue weighted by atomic mass is 35.5. The predicted molar refractivity (Wildman–Crippen MR) is 95.8 cm³/mol. The van der Waals surface area contributed by atoms with Crippen LogP contribution in [0.1, 0.15) is 47.7 Å². The third kappa shape index (κ3) is 3.12. The van der Waals surface area contributed by atoms with Crippen LogP contribution in [0.2, 0.25) is 5.02 Å². The van der Waals surface area contributed by atoms with E-state index >= 15 is 0 Å². The van der Waals surface area contributed by atoms with Gasteiger partial charge in [0.05, 0.1) is 11.7 Å². The molecule has 7 heteroatoms. The first-order valence-corrected chi connectivity index (χ1v) is 9.02. The zero-order chi connectivity index (χ0) is 18.1. The van der Waals surface area contributed by atoms with Gasteiger partial charge in [0, 0.05) is 29.3 Å². The van der Waals surface area contributed by atoms with Crippen LogP contribution in [0.5, 0.6) is 0 Å². The van der Waals surface area contributed by atoms with Gasteiger partial charge < -0.3 is 13.9 Å². The highest BCUT2D eigenvalue weighted by Crippen LogP contribution is 2.34. The second kappa shape index (κ2) is 6.96. The minimum Gasteiger partial charge on any atom is -0.359 e. The molecule has 0 saturated carbocycles. The average molecular weight is 372 g/mol. The summed E-state index contributed by atoms with van der Waals surface area (Å²) in [6, 6.07) is 10.7. The standard InChI is InChI=1S/C19H18ClN3O3/c1-2-14-10-18(26-21-14)16-4-3-9-23(16)19(24)15-11-17(25-22-15)12-5-7-13(20)8-6-12/h5-8,10-11,16H,2-4,9H2,1H3. The summed E-state index contributed by atoms with van der Waals surface area (Å²) in [6.45, 7) is 2.68. The van der Waals surface area contributed by atoms with Crippen molar-refractivity contribution < 1.29 is 13.8 Å². The summed E-state index contributed by atoms with van der Waals surface area (Å²) in [5, 5.41) is 8.64. The Balaban J connectivity index is 1.56. The number of halogens is 1. The lowest BCUT2D eigenvalue weighted by atomic mass is 10.1. The van der Waals surface area contributed by atoms with Crippen molar-refractivity contribution in [1.29, 1.82) is 0 Å². The molecule has 1 unspecified atom stereocenters. The molecule has 0 spiro atoms. The lowest BCUT2D eigenvalue weighted by Gasteiger charge is -2.21. The van der Waals surface area contributed by atoms with E-state index in [1.54, 1.807) is 23.1 Å². The van der Waals surface area contributed by atoms with Gasteiger partial charge in [0.25, 0.3) is 5.91 Å². The largest absolute Gasteiger partial charge is 0.359 e. The smallest absolute Gasteiger partial charge is 0.276 e. The summed E-state index contributed by atoms with van der Waals surface area (Å²) in [7, 11) is 0. The molecular formula is C19H18ClN3O3. The molecule has 4 rings (SSSR count). The number of hydrogen-bond donors (Lipinski definition) is 0. The summed E-state index contributed by atoms with van der Waals surface area (Å²) in [5.74, 6) is 1.11. The Morgan fingerprint density at radius 2 is 2.04 bits per heavy atom. The molecule has 0 N–H and O–H groups in total. The molecule has 0 aliphatic carbocycles. The van der Waals surface area contributed by atoms with Crippen LogP contribution in [0.15, 0.2) is 45.4 Å². The van der Waals surface area contributed by atoms with Crippen LogP contribution >= 0.6 is 11.6 Å². The van der Waals surface area contributed by atoms with Crippen molar-refractivity contribution in [3.63, 3.8) is 0 Å². The van der Waals surface area contributed by atoms with Gasteiger partial charge in [-0.3, -0.25) is 4.79 Å². The van der Waals surface area contributed by atoms with Gasteiger partial charge in [-0.25, -0.2) is 0 Å². The number of carbonyl (C=O) groups is 1. The number of hydrogen-bond acceptors (Lipinski definition) is 5. The third-order valence-electron chi connectivity index (χ3n) is 4.64. The Morgan fingerprint density at radius 3 is 2.77 bits per heavy atom. The molecule has 1 aliphatic rings. The maximum absolute atomic E-state index is 12.9. The minimum absolute atomic E-state index is 0.106. The number of carbonyl (C=O) groups excluding carboxylic acids is 1. The number of rotatable bonds is 4. The summed E-state index contributed by atoms with van der Waals surface area (Å²) >= 11 is 5.91. The van der Waals surface area contributed by atoms with Crippen LogP contribution in [0.25, 0.3) is 11.3 Å². The van der Waals surface area contributed by atoms with Crippen LogP contribution in [-0.2, 0) is 6.42 Å². The topological polar surface area (TPSA) is 72.4 Å². The van der Waals surface area contributed by atoms with E-state index in [1.165, 1.54) is 0 Å².